The molecule has 0 aliphatic heterocycles. The van der Waals surface area contributed by atoms with Crippen LogP contribution in [0.4, 0.5) is 0 Å². The first kappa shape index (κ1) is 9.91. The zero-order valence-corrected chi connectivity index (χ0v) is 8.14. The van der Waals surface area contributed by atoms with Gasteiger partial charge in [0.05, 0.1) is 6.10 Å². The third-order valence-electron chi connectivity index (χ3n) is 1.29. The van der Waals surface area contributed by atoms with Crippen LogP contribution in [0.3, 0.4) is 0 Å². The van der Waals surface area contributed by atoms with Crippen molar-refractivity contribution in [1.82, 2.24) is 10.2 Å². The van der Waals surface area contributed by atoms with E-state index < -0.39 is 0 Å². The van der Waals surface area contributed by atoms with E-state index in [0.29, 0.717) is 13.0 Å². The Morgan fingerprint density at radius 3 is 3.17 bits per heavy atom. The summed E-state index contributed by atoms with van der Waals surface area (Å²) < 4.78 is 0.944. The third kappa shape index (κ3) is 3.48. The summed E-state index contributed by atoms with van der Waals surface area (Å²) in [5.41, 5.74) is 6.94. The molecule has 0 bridgehead atoms. The number of nitrogens with two attached hydrogens (primary N) is 1. The first-order valence-electron chi connectivity index (χ1n) is 3.60. The number of hydrogen-bond acceptors (Lipinski definition) is 6. The number of aromatic nitrogens is 2. The lowest BCUT2D eigenvalue weighted by Crippen LogP contribution is -2.19. The van der Waals surface area contributed by atoms with Gasteiger partial charge in [0.25, 0.3) is 0 Å². The minimum Gasteiger partial charge on any atom is -0.392 e. The molecule has 0 aliphatic rings. The number of thioether (sulfide) groups is 1. The quantitative estimate of drug-likeness (QED) is 0.678. The van der Waals surface area contributed by atoms with Gasteiger partial charge in [-0.25, -0.2) is 0 Å². The Hall–Kier alpha value is -0.170. The molecule has 1 rings (SSSR count). The van der Waals surface area contributed by atoms with Crippen molar-refractivity contribution in [1.29, 1.82) is 0 Å². The Morgan fingerprint density at radius 2 is 2.58 bits per heavy atom. The molecule has 1 heterocycles. The number of aliphatic hydroxyl groups excluding tert-OH is 1. The molecular weight excluding hydrogens is 194 g/mol. The second kappa shape index (κ2) is 5.47. The lowest BCUT2D eigenvalue weighted by atomic mass is 10.3. The van der Waals surface area contributed by atoms with Gasteiger partial charge in [0, 0.05) is 12.3 Å². The van der Waals surface area contributed by atoms with E-state index in [-0.39, 0.29) is 6.10 Å². The molecule has 0 fully saturated rings. The topological polar surface area (TPSA) is 72.0 Å². The van der Waals surface area contributed by atoms with Crippen LogP contribution in [-0.4, -0.2) is 33.7 Å². The average molecular weight is 205 g/mol. The third-order valence-corrected chi connectivity index (χ3v) is 3.18. The first-order chi connectivity index (χ1) is 5.83. The maximum absolute atomic E-state index is 9.12. The zero-order chi connectivity index (χ0) is 8.81. The van der Waals surface area contributed by atoms with Gasteiger partial charge in [-0.15, -0.1) is 10.2 Å². The molecule has 1 aromatic heterocycles. The van der Waals surface area contributed by atoms with Gasteiger partial charge in [0.2, 0.25) is 0 Å². The van der Waals surface area contributed by atoms with Crippen LogP contribution in [0.1, 0.15) is 6.42 Å². The van der Waals surface area contributed by atoms with E-state index in [4.69, 9.17) is 10.8 Å². The van der Waals surface area contributed by atoms with Crippen molar-refractivity contribution in [2.24, 2.45) is 5.73 Å². The highest BCUT2D eigenvalue weighted by Gasteiger charge is 2.02. The number of rotatable bonds is 5. The molecule has 68 valence electrons. The molecule has 12 heavy (non-hydrogen) atoms. The van der Waals surface area contributed by atoms with Gasteiger partial charge in [-0.2, -0.15) is 0 Å². The maximum atomic E-state index is 9.12. The van der Waals surface area contributed by atoms with Crippen LogP contribution in [0.15, 0.2) is 9.85 Å². The molecule has 0 spiro atoms. The van der Waals surface area contributed by atoms with Crippen LogP contribution in [0.5, 0.6) is 0 Å². The summed E-state index contributed by atoms with van der Waals surface area (Å²) >= 11 is 3.11. The van der Waals surface area contributed by atoms with Gasteiger partial charge in [-0.3, -0.25) is 0 Å². The van der Waals surface area contributed by atoms with Crippen molar-refractivity contribution in [2.75, 3.05) is 12.3 Å². The van der Waals surface area contributed by atoms with Gasteiger partial charge in [-0.1, -0.05) is 23.1 Å². The molecule has 0 aliphatic carbocycles. The minimum absolute atomic E-state index is 0.330. The van der Waals surface area contributed by atoms with Gasteiger partial charge in [0.15, 0.2) is 4.34 Å². The van der Waals surface area contributed by atoms with E-state index in [0.717, 1.165) is 10.1 Å². The summed E-state index contributed by atoms with van der Waals surface area (Å²) in [6.07, 6.45) is 0.325. The van der Waals surface area contributed by atoms with Crippen LogP contribution in [0.25, 0.3) is 0 Å². The van der Waals surface area contributed by atoms with E-state index in [1.807, 2.05) is 0 Å². The second-order valence-electron chi connectivity index (χ2n) is 2.23. The summed E-state index contributed by atoms with van der Waals surface area (Å²) in [5, 5.41) is 16.7. The Labute approximate surface area is 79.2 Å². The molecule has 0 aromatic carbocycles. The number of aliphatic hydroxyl groups is 1. The van der Waals surface area contributed by atoms with E-state index in [9.17, 15) is 0 Å². The molecule has 1 unspecified atom stereocenters. The Balaban J connectivity index is 2.11. The molecule has 1 atom stereocenters. The van der Waals surface area contributed by atoms with Gasteiger partial charge in [0.1, 0.15) is 5.51 Å². The molecule has 4 nitrogen and oxygen atoms in total. The summed E-state index contributed by atoms with van der Waals surface area (Å²) in [5.74, 6) is 0.841. The van der Waals surface area contributed by atoms with Crippen molar-refractivity contribution >= 4 is 23.1 Å². The van der Waals surface area contributed by atoms with Crippen molar-refractivity contribution in [3.63, 3.8) is 0 Å². The Bertz CT molecular complexity index is 205. The average Bonchev–Trinajstić information content (AvgIpc) is 2.57. The van der Waals surface area contributed by atoms with E-state index in [1.165, 1.54) is 11.3 Å². The van der Waals surface area contributed by atoms with E-state index >= 15 is 0 Å². The van der Waals surface area contributed by atoms with Crippen LogP contribution < -0.4 is 5.73 Å². The second-order valence-corrected chi connectivity index (χ2v) is 4.41. The molecule has 3 N–H and O–H groups in total. The predicted octanol–water partition coefficient (Wildman–Crippen LogP) is 0.340. The van der Waals surface area contributed by atoms with Crippen LogP contribution in [-0.2, 0) is 0 Å². The summed E-state index contributed by atoms with van der Waals surface area (Å²) in [6.45, 7) is 0.330. The lowest BCUT2D eigenvalue weighted by molar-refractivity contribution is 0.180. The van der Waals surface area contributed by atoms with Crippen LogP contribution >= 0.6 is 23.1 Å². The minimum atomic E-state index is -0.384. The zero-order valence-electron chi connectivity index (χ0n) is 6.51. The fourth-order valence-electron chi connectivity index (χ4n) is 0.626. The van der Waals surface area contributed by atoms with Crippen LogP contribution in [0, 0.1) is 0 Å². The van der Waals surface area contributed by atoms with Gasteiger partial charge >= 0.3 is 0 Å². The van der Waals surface area contributed by atoms with Crippen molar-refractivity contribution in [2.45, 2.75) is 16.9 Å². The molecule has 0 amide bonds. The molecule has 1 aromatic rings. The number of hydrogen-bond donors (Lipinski definition) is 2. The Morgan fingerprint density at radius 1 is 1.75 bits per heavy atom. The first-order valence-corrected chi connectivity index (χ1v) is 5.46. The summed E-state index contributed by atoms with van der Waals surface area (Å²) in [4.78, 5) is 0. The highest BCUT2D eigenvalue weighted by molar-refractivity contribution is 8.00. The smallest absolute Gasteiger partial charge is 0.174 e. The fourth-order valence-corrected chi connectivity index (χ4v) is 2.23. The molecule has 0 saturated heterocycles. The standard InChI is InChI=1S/C6H11N3OS2/c7-3-5(10)1-2-11-6-9-8-4-12-6/h4-5,10H,1-3,7H2. The largest absolute Gasteiger partial charge is 0.392 e. The number of nitrogens with zero attached hydrogens (tertiary/aromatic N) is 2. The van der Waals surface area contributed by atoms with Crippen molar-refractivity contribution in [3.05, 3.63) is 5.51 Å². The Kier molecular flexibility index (Phi) is 4.52. The van der Waals surface area contributed by atoms with Crippen molar-refractivity contribution < 1.29 is 5.11 Å². The summed E-state index contributed by atoms with van der Waals surface area (Å²) in [7, 11) is 0. The predicted molar refractivity (Wildman–Crippen MR) is 50.3 cm³/mol. The van der Waals surface area contributed by atoms with Crippen LogP contribution in [0.2, 0.25) is 0 Å². The van der Waals surface area contributed by atoms with Gasteiger partial charge < -0.3 is 10.8 Å². The summed E-state index contributed by atoms with van der Waals surface area (Å²) in [6, 6.07) is 0. The molecule has 0 radical (unpaired) electrons. The SMILES string of the molecule is NCC(O)CCSc1nncs1. The fraction of sp³-hybridized carbons (Fsp3) is 0.667. The highest BCUT2D eigenvalue weighted by atomic mass is 32.2. The monoisotopic (exact) mass is 205 g/mol. The maximum Gasteiger partial charge on any atom is 0.174 e. The molecular formula is C6H11N3OS2. The van der Waals surface area contributed by atoms with E-state index in [2.05, 4.69) is 10.2 Å². The highest BCUT2D eigenvalue weighted by Crippen LogP contribution is 2.19. The van der Waals surface area contributed by atoms with Crippen molar-refractivity contribution in [3.8, 4) is 0 Å². The molecule has 0 saturated carbocycles. The molecule has 6 heteroatoms. The normalized spacial score (nSPS) is 13.2. The van der Waals surface area contributed by atoms with E-state index in [1.54, 1.807) is 17.3 Å². The van der Waals surface area contributed by atoms with Gasteiger partial charge in [-0.05, 0) is 6.42 Å². The lowest BCUT2D eigenvalue weighted by Gasteiger charge is -2.04.